The van der Waals surface area contributed by atoms with Crippen LogP contribution in [0.15, 0.2) is 48.5 Å². The van der Waals surface area contributed by atoms with Crippen molar-refractivity contribution in [3.63, 3.8) is 0 Å². The number of amides is 1. The van der Waals surface area contributed by atoms with Crippen LogP contribution in [0.3, 0.4) is 0 Å². The Hall–Kier alpha value is -2.66. The van der Waals surface area contributed by atoms with Gasteiger partial charge in [0.15, 0.2) is 0 Å². The molecule has 0 aliphatic carbocycles. The van der Waals surface area contributed by atoms with Gasteiger partial charge in [0.05, 0.1) is 12.2 Å². The van der Waals surface area contributed by atoms with Crippen LogP contribution in [0.5, 0.6) is 0 Å². The molecule has 0 radical (unpaired) electrons. The van der Waals surface area contributed by atoms with Crippen molar-refractivity contribution in [1.82, 2.24) is 5.48 Å². The zero-order valence-corrected chi connectivity index (χ0v) is 12.7. The van der Waals surface area contributed by atoms with Crippen LogP contribution in [-0.2, 0) is 16.0 Å². The number of hydrogen-bond acceptors (Lipinski definition) is 4. The van der Waals surface area contributed by atoms with E-state index in [0.717, 1.165) is 11.1 Å². The first kappa shape index (κ1) is 15.2. The summed E-state index contributed by atoms with van der Waals surface area (Å²) in [5.74, 6) is -0.693. The zero-order chi connectivity index (χ0) is 16.2. The number of rotatable bonds is 4. The first-order valence-corrected chi connectivity index (χ1v) is 7.50. The normalized spacial score (nSPS) is 16.4. The summed E-state index contributed by atoms with van der Waals surface area (Å²) < 4.78 is 5.50. The minimum absolute atomic E-state index is 0.329. The molecule has 0 saturated heterocycles. The first-order chi connectivity index (χ1) is 11.2. The third-order valence-electron chi connectivity index (χ3n) is 3.72. The van der Waals surface area contributed by atoms with Gasteiger partial charge in [-0.3, -0.25) is 9.63 Å². The van der Waals surface area contributed by atoms with Crippen LogP contribution in [0.4, 0.5) is 0 Å². The molecule has 1 N–H and O–H groups in total. The van der Waals surface area contributed by atoms with Gasteiger partial charge in [-0.1, -0.05) is 30.3 Å². The minimum Gasteiger partial charge on any atom is -0.454 e. The van der Waals surface area contributed by atoms with Gasteiger partial charge in [0, 0.05) is 12.0 Å². The van der Waals surface area contributed by atoms with E-state index in [0.29, 0.717) is 24.2 Å². The van der Waals surface area contributed by atoms with Crippen LogP contribution in [0.1, 0.15) is 44.9 Å². The second-order valence-electron chi connectivity index (χ2n) is 5.24. The van der Waals surface area contributed by atoms with E-state index in [4.69, 9.17) is 9.57 Å². The van der Waals surface area contributed by atoms with E-state index >= 15 is 0 Å². The van der Waals surface area contributed by atoms with Crippen LogP contribution >= 0.6 is 0 Å². The lowest BCUT2D eigenvalue weighted by Gasteiger charge is -2.25. The van der Waals surface area contributed by atoms with Gasteiger partial charge in [0.2, 0.25) is 0 Å². The fraction of sp³-hybridized carbons (Fsp3) is 0.222. The SMILES string of the molecule is CCONC(=O)c1ccc2c(c1)C[C@H](c1ccccc1)OC2=O. The molecule has 0 aromatic heterocycles. The lowest BCUT2D eigenvalue weighted by Crippen LogP contribution is -2.25. The molecule has 1 heterocycles. The molecular weight excluding hydrogens is 294 g/mol. The molecule has 1 aliphatic heterocycles. The van der Waals surface area contributed by atoms with E-state index in [1.807, 2.05) is 30.3 Å². The standard InChI is InChI=1S/C18H17NO4/c1-2-22-19-17(20)13-8-9-15-14(10-13)11-16(23-18(15)21)12-6-4-3-5-7-12/h3-10,16H,2,11H2,1H3,(H,19,20)/t16-/m1/s1. The molecule has 1 amide bonds. The number of hydrogen-bond donors (Lipinski definition) is 1. The minimum atomic E-state index is -0.364. The van der Waals surface area contributed by atoms with Crippen LogP contribution in [0, 0.1) is 0 Å². The molecule has 0 fully saturated rings. The monoisotopic (exact) mass is 311 g/mol. The molecule has 1 atom stereocenters. The number of hydroxylamine groups is 1. The zero-order valence-electron chi connectivity index (χ0n) is 12.7. The topological polar surface area (TPSA) is 64.6 Å². The van der Waals surface area contributed by atoms with Gasteiger partial charge in [-0.05, 0) is 36.2 Å². The first-order valence-electron chi connectivity index (χ1n) is 7.50. The highest BCUT2D eigenvalue weighted by Crippen LogP contribution is 2.30. The fourth-order valence-corrected chi connectivity index (χ4v) is 2.59. The molecule has 0 bridgehead atoms. The Labute approximate surface area is 134 Å². The quantitative estimate of drug-likeness (QED) is 0.696. The highest BCUT2D eigenvalue weighted by Gasteiger charge is 2.28. The number of cyclic esters (lactones) is 1. The van der Waals surface area contributed by atoms with Crippen molar-refractivity contribution in [2.45, 2.75) is 19.4 Å². The number of esters is 1. The molecule has 5 nitrogen and oxygen atoms in total. The Kier molecular flexibility index (Phi) is 4.39. The van der Waals surface area contributed by atoms with Crippen LogP contribution in [0.25, 0.3) is 0 Å². The summed E-state index contributed by atoms with van der Waals surface area (Å²) >= 11 is 0. The van der Waals surface area contributed by atoms with Crippen molar-refractivity contribution in [1.29, 1.82) is 0 Å². The maximum atomic E-state index is 12.2. The Morgan fingerprint density at radius 2 is 2.04 bits per heavy atom. The summed E-state index contributed by atoms with van der Waals surface area (Å²) in [6.45, 7) is 2.17. The van der Waals surface area contributed by atoms with Gasteiger partial charge < -0.3 is 4.74 Å². The van der Waals surface area contributed by atoms with E-state index in [9.17, 15) is 9.59 Å². The van der Waals surface area contributed by atoms with Gasteiger partial charge in [-0.2, -0.15) is 0 Å². The molecule has 1 aliphatic rings. The summed E-state index contributed by atoms with van der Waals surface area (Å²) in [6.07, 6.45) is 0.210. The Morgan fingerprint density at radius 3 is 2.78 bits per heavy atom. The third-order valence-corrected chi connectivity index (χ3v) is 3.72. The highest BCUT2D eigenvalue weighted by atomic mass is 16.6. The second kappa shape index (κ2) is 6.62. The number of ether oxygens (including phenoxy) is 1. The number of nitrogens with one attached hydrogen (secondary N) is 1. The van der Waals surface area contributed by atoms with E-state index in [1.54, 1.807) is 25.1 Å². The number of carbonyl (C=O) groups is 2. The van der Waals surface area contributed by atoms with Gasteiger partial charge in [0.25, 0.3) is 5.91 Å². The van der Waals surface area contributed by atoms with Gasteiger partial charge >= 0.3 is 5.97 Å². The molecule has 0 saturated carbocycles. The molecule has 0 unspecified atom stereocenters. The second-order valence-corrected chi connectivity index (χ2v) is 5.24. The smallest absolute Gasteiger partial charge is 0.339 e. The molecule has 2 aromatic rings. The Morgan fingerprint density at radius 1 is 1.26 bits per heavy atom. The predicted octanol–water partition coefficient (Wildman–Crippen LogP) is 2.82. The number of carbonyl (C=O) groups excluding carboxylic acids is 2. The molecular formula is C18H17NO4. The van der Waals surface area contributed by atoms with E-state index in [2.05, 4.69) is 5.48 Å². The van der Waals surface area contributed by atoms with Gasteiger partial charge in [0.1, 0.15) is 6.10 Å². The molecule has 0 spiro atoms. The van der Waals surface area contributed by atoms with Crippen LogP contribution in [-0.4, -0.2) is 18.5 Å². The number of benzene rings is 2. The molecule has 3 rings (SSSR count). The molecule has 5 heteroatoms. The van der Waals surface area contributed by atoms with E-state index < -0.39 is 0 Å². The lowest BCUT2D eigenvalue weighted by molar-refractivity contribution is 0.0251. The van der Waals surface area contributed by atoms with Crippen molar-refractivity contribution < 1.29 is 19.2 Å². The Bertz CT molecular complexity index is 727. The summed E-state index contributed by atoms with van der Waals surface area (Å²) in [6, 6.07) is 14.5. The summed E-state index contributed by atoms with van der Waals surface area (Å²) in [7, 11) is 0. The molecule has 118 valence electrons. The average Bonchev–Trinajstić information content (AvgIpc) is 2.59. The van der Waals surface area contributed by atoms with Crippen LogP contribution < -0.4 is 5.48 Å². The molecule has 2 aromatic carbocycles. The Balaban J connectivity index is 1.87. The van der Waals surface area contributed by atoms with E-state index in [1.165, 1.54) is 0 Å². The van der Waals surface area contributed by atoms with Gasteiger partial charge in [-0.15, -0.1) is 0 Å². The van der Waals surface area contributed by atoms with Crippen molar-refractivity contribution >= 4 is 11.9 Å². The van der Waals surface area contributed by atoms with Crippen molar-refractivity contribution in [2.24, 2.45) is 0 Å². The summed E-state index contributed by atoms with van der Waals surface area (Å²) in [4.78, 5) is 29.1. The van der Waals surface area contributed by atoms with Crippen molar-refractivity contribution in [3.8, 4) is 0 Å². The van der Waals surface area contributed by atoms with Crippen molar-refractivity contribution in [2.75, 3.05) is 6.61 Å². The summed E-state index contributed by atoms with van der Waals surface area (Å²) in [5, 5.41) is 0. The lowest BCUT2D eigenvalue weighted by atomic mass is 9.93. The maximum Gasteiger partial charge on any atom is 0.339 e. The van der Waals surface area contributed by atoms with Gasteiger partial charge in [-0.25, -0.2) is 10.3 Å². The van der Waals surface area contributed by atoms with E-state index in [-0.39, 0.29) is 18.0 Å². The fourth-order valence-electron chi connectivity index (χ4n) is 2.59. The third kappa shape index (κ3) is 3.24. The van der Waals surface area contributed by atoms with Crippen molar-refractivity contribution in [3.05, 3.63) is 70.8 Å². The predicted molar refractivity (Wildman–Crippen MR) is 83.8 cm³/mol. The largest absolute Gasteiger partial charge is 0.454 e. The summed E-state index contributed by atoms with van der Waals surface area (Å²) in [5.41, 5.74) is 5.06. The number of fused-ring (bicyclic) bond motifs is 1. The molecule has 23 heavy (non-hydrogen) atoms. The maximum absolute atomic E-state index is 12.2. The average molecular weight is 311 g/mol. The highest BCUT2D eigenvalue weighted by molar-refractivity contribution is 5.97. The van der Waals surface area contributed by atoms with Crippen LogP contribution in [0.2, 0.25) is 0 Å².